The summed E-state index contributed by atoms with van der Waals surface area (Å²) in [6, 6.07) is 16.1. The van der Waals surface area contributed by atoms with Crippen molar-refractivity contribution in [1.82, 2.24) is 0 Å². The molecule has 0 N–H and O–H groups in total. The Morgan fingerprint density at radius 1 is 0.750 bits per heavy atom. The third-order valence-electron chi connectivity index (χ3n) is 4.94. The van der Waals surface area contributed by atoms with E-state index in [4.69, 9.17) is 0 Å². The van der Waals surface area contributed by atoms with Crippen LogP contribution < -0.4 is 0 Å². The van der Waals surface area contributed by atoms with Gasteiger partial charge >= 0.3 is 0 Å². The van der Waals surface area contributed by atoms with E-state index in [-0.39, 0.29) is 30.2 Å². The summed E-state index contributed by atoms with van der Waals surface area (Å²) in [4.78, 5) is 0. The molecule has 0 heterocycles. The number of hydrogen-bond donors (Lipinski definition) is 0. The van der Waals surface area contributed by atoms with Crippen LogP contribution in [0.25, 0.3) is 11.1 Å². The van der Waals surface area contributed by atoms with Gasteiger partial charge in [-0.15, -0.1) is 24.8 Å². The highest BCUT2D eigenvalue weighted by Gasteiger charge is 2.43. The van der Waals surface area contributed by atoms with Gasteiger partial charge in [0.25, 0.3) is 0 Å². The highest BCUT2D eigenvalue weighted by atomic mass is 35.5. The van der Waals surface area contributed by atoms with Crippen LogP contribution in [0.5, 0.6) is 0 Å². The normalized spacial score (nSPS) is 14.0. The molecule has 0 saturated heterocycles. The van der Waals surface area contributed by atoms with E-state index in [1.807, 2.05) is 0 Å². The Bertz CT molecular complexity index is 676. The van der Waals surface area contributed by atoms with Crippen LogP contribution in [0.4, 0.5) is 0 Å². The molecule has 132 valence electrons. The van der Waals surface area contributed by atoms with Crippen LogP contribution >= 0.6 is 24.8 Å². The number of hydrogen-bond acceptors (Lipinski definition) is 0. The third-order valence-corrected chi connectivity index (χ3v) is 4.94. The van der Waals surface area contributed by atoms with Gasteiger partial charge in [0.1, 0.15) is 0 Å². The van der Waals surface area contributed by atoms with Crippen molar-refractivity contribution in [3.05, 3.63) is 59.2 Å². The molecule has 0 atom stereocenters. The van der Waals surface area contributed by atoms with Crippen molar-refractivity contribution in [3.63, 3.8) is 0 Å². The number of halogens is 2. The summed E-state index contributed by atoms with van der Waals surface area (Å²) in [5.41, 5.74) is 7.61. The fourth-order valence-corrected chi connectivity index (χ4v) is 4.49. The van der Waals surface area contributed by atoms with Crippen LogP contribution in [0.15, 0.2) is 42.5 Å². The minimum Gasteiger partial charge on any atom is -0.147 e. The lowest BCUT2D eigenvalue weighted by Crippen LogP contribution is -2.29. The quantitative estimate of drug-likeness (QED) is 0.537. The summed E-state index contributed by atoms with van der Waals surface area (Å²) >= 11 is 0. The summed E-state index contributed by atoms with van der Waals surface area (Å²) in [5.74, 6) is 1.39. The average Bonchev–Trinajstić information content (AvgIpc) is 2.68. The second kappa shape index (κ2) is 7.93. The summed E-state index contributed by atoms with van der Waals surface area (Å²) in [6.45, 7) is 11.7. The van der Waals surface area contributed by atoms with Gasteiger partial charge in [0.05, 0.1) is 0 Å². The predicted octanol–water partition coefficient (Wildman–Crippen LogP) is 7.20. The molecule has 0 nitrogen and oxygen atoms in total. The first-order valence-electron chi connectivity index (χ1n) is 8.65. The first-order chi connectivity index (χ1) is 10.4. The van der Waals surface area contributed by atoms with Crippen molar-refractivity contribution < 1.29 is 0 Å². The smallest absolute Gasteiger partial charge is 0.0220 e. The molecule has 1 aliphatic rings. The van der Waals surface area contributed by atoms with E-state index < -0.39 is 0 Å². The van der Waals surface area contributed by atoms with Crippen molar-refractivity contribution in [1.29, 1.82) is 0 Å². The summed E-state index contributed by atoms with van der Waals surface area (Å²) in [7, 11) is 0. The largest absolute Gasteiger partial charge is 0.147 e. The molecule has 2 aromatic rings. The first-order valence-corrected chi connectivity index (χ1v) is 8.65. The van der Waals surface area contributed by atoms with E-state index >= 15 is 0 Å². The zero-order valence-corrected chi connectivity index (χ0v) is 17.1. The number of rotatable bonds is 4. The molecule has 0 radical (unpaired) electrons. The van der Waals surface area contributed by atoms with Gasteiger partial charge in [-0.3, -0.25) is 0 Å². The molecule has 0 amide bonds. The maximum atomic E-state index is 2.44. The topological polar surface area (TPSA) is 0 Å². The molecule has 0 saturated carbocycles. The summed E-state index contributed by atoms with van der Waals surface area (Å²) in [6.07, 6.45) is 2.47. The van der Waals surface area contributed by atoms with Crippen LogP contribution in [0.3, 0.4) is 0 Å². The van der Waals surface area contributed by atoms with Crippen LogP contribution in [-0.4, -0.2) is 0 Å². The van der Waals surface area contributed by atoms with Crippen molar-refractivity contribution in [3.8, 4) is 11.1 Å². The lowest BCUT2D eigenvalue weighted by molar-refractivity contribution is 0.337. The molecule has 0 aliphatic heterocycles. The average molecular weight is 365 g/mol. The standard InChI is InChI=1S/C22H28.2ClH/c1-15(2)13-22(14-16(3)4)20-9-7-6-8-18(20)19-11-10-17(5)12-21(19)22;;/h6-12,15-16H,13-14H2,1-5H3;2*1H. The maximum absolute atomic E-state index is 2.44. The second-order valence-electron chi connectivity index (χ2n) is 7.87. The lowest BCUT2D eigenvalue weighted by Gasteiger charge is -2.35. The Kier molecular flexibility index (Phi) is 6.96. The van der Waals surface area contributed by atoms with Crippen molar-refractivity contribution >= 4 is 24.8 Å². The molecule has 0 fully saturated rings. The van der Waals surface area contributed by atoms with Gasteiger partial charge in [-0.25, -0.2) is 0 Å². The fourth-order valence-electron chi connectivity index (χ4n) is 4.49. The Hall–Kier alpha value is -0.980. The second-order valence-corrected chi connectivity index (χ2v) is 7.87. The number of aryl methyl sites for hydroxylation is 1. The van der Waals surface area contributed by atoms with Crippen LogP contribution in [-0.2, 0) is 5.41 Å². The molecular weight excluding hydrogens is 335 g/mol. The third kappa shape index (κ3) is 3.51. The first kappa shape index (κ1) is 21.1. The van der Waals surface area contributed by atoms with Gasteiger partial charge in [-0.1, -0.05) is 75.7 Å². The summed E-state index contributed by atoms with van der Waals surface area (Å²) < 4.78 is 0. The van der Waals surface area contributed by atoms with Crippen molar-refractivity contribution in [2.75, 3.05) is 0 Å². The summed E-state index contributed by atoms with van der Waals surface area (Å²) in [5, 5.41) is 0. The SMILES string of the molecule is Cc1ccc2c(c1)C(CC(C)C)(CC(C)C)c1ccccc1-2.Cl.Cl. The van der Waals surface area contributed by atoms with Gasteiger partial charge in [-0.2, -0.15) is 0 Å². The minimum absolute atomic E-state index is 0. The van der Waals surface area contributed by atoms with Crippen molar-refractivity contribution in [2.24, 2.45) is 11.8 Å². The monoisotopic (exact) mass is 364 g/mol. The van der Waals surface area contributed by atoms with E-state index in [0.29, 0.717) is 11.8 Å². The molecule has 3 rings (SSSR count). The highest BCUT2D eigenvalue weighted by Crippen LogP contribution is 2.54. The molecule has 1 aliphatic carbocycles. The molecule has 0 aromatic heterocycles. The molecule has 2 aromatic carbocycles. The Labute approximate surface area is 159 Å². The fraction of sp³-hybridized carbons (Fsp3) is 0.455. The molecule has 24 heavy (non-hydrogen) atoms. The zero-order chi connectivity index (χ0) is 15.9. The van der Waals surface area contributed by atoms with Gasteiger partial charge in [0.15, 0.2) is 0 Å². The van der Waals surface area contributed by atoms with E-state index in [0.717, 1.165) is 0 Å². The van der Waals surface area contributed by atoms with E-state index in [9.17, 15) is 0 Å². The van der Waals surface area contributed by atoms with Crippen LogP contribution in [0, 0.1) is 18.8 Å². The Balaban J connectivity index is 0.00000144. The maximum Gasteiger partial charge on any atom is 0.0220 e. The minimum atomic E-state index is 0. The van der Waals surface area contributed by atoms with Crippen LogP contribution in [0.1, 0.15) is 57.2 Å². The number of fused-ring (bicyclic) bond motifs is 3. The molecule has 0 spiro atoms. The zero-order valence-electron chi connectivity index (χ0n) is 15.4. The van der Waals surface area contributed by atoms with Gasteiger partial charge in [-0.05, 0) is 53.9 Å². The van der Waals surface area contributed by atoms with E-state index in [1.165, 1.54) is 29.5 Å². The van der Waals surface area contributed by atoms with E-state index in [1.54, 1.807) is 11.1 Å². The van der Waals surface area contributed by atoms with Gasteiger partial charge < -0.3 is 0 Å². The Morgan fingerprint density at radius 3 is 1.88 bits per heavy atom. The van der Waals surface area contributed by atoms with Gasteiger partial charge in [0, 0.05) is 5.41 Å². The lowest BCUT2D eigenvalue weighted by atomic mass is 9.68. The number of benzene rings is 2. The molecule has 0 bridgehead atoms. The highest BCUT2D eigenvalue weighted by molar-refractivity contribution is 5.85. The van der Waals surface area contributed by atoms with E-state index in [2.05, 4.69) is 77.1 Å². The predicted molar refractivity (Wildman–Crippen MR) is 111 cm³/mol. The van der Waals surface area contributed by atoms with Gasteiger partial charge in [0.2, 0.25) is 0 Å². The Morgan fingerprint density at radius 2 is 1.29 bits per heavy atom. The molecular formula is C22H30Cl2. The molecule has 0 unspecified atom stereocenters. The molecule has 2 heteroatoms. The van der Waals surface area contributed by atoms with Crippen molar-refractivity contribution in [2.45, 2.75) is 52.9 Å². The van der Waals surface area contributed by atoms with Crippen LogP contribution in [0.2, 0.25) is 0 Å².